The first kappa shape index (κ1) is 12.7. The van der Waals surface area contributed by atoms with E-state index in [1.165, 1.54) is 5.56 Å². The van der Waals surface area contributed by atoms with E-state index in [1.54, 1.807) is 0 Å². The summed E-state index contributed by atoms with van der Waals surface area (Å²) in [5.41, 5.74) is 7.06. The second kappa shape index (κ2) is 6.26. The van der Waals surface area contributed by atoms with Crippen LogP contribution in [0.5, 0.6) is 5.75 Å². The van der Waals surface area contributed by atoms with Gasteiger partial charge < -0.3 is 15.0 Å². The maximum absolute atomic E-state index is 5.78. The fraction of sp³-hybridized carbons (Fsp3) is 0.333. The lowest BCUT2D eigenvalue weighted by Gasteiger charge is -2.06. The zero-order chi connectivity index (χ0) is 12.8. The molecule has 96 valence electrons. The van der Waals surface area contributed by atoms with Gasteiger partial charge in [-0.05, 0) is 37.1 Å². The summed E-state index contributed by atoms with van der Waals surface area (Å²) in [6.07, 6.45) is 5.14. The van der Waals surface area contributed by atoms with Crippen molar-refractivity contribution in [2.45, 2.75) is 25.9 Å². The average molecular weight is 244 g/mol. The fourth-order valence-corrected chi connectivity index (χ4v) is 1.91. The molecule has 0 saturated heterocycles. The normalized spacial score (nSPS) is 12.3. The minimum absolute atomic E-state index is 0.210. The summed E-state index contributed by atoms with van der Waals surface area (Å²) in [6, 6.07) is 12.2. The van der Waals surface area contributed by atoms with E-state index in [0.29, 0.717) is 6.61 Å². The molecule has 0 aliphatic rings. The van der Waals surface area contributed by atoms with Crippen LogP contribution in [0.4, 0.5) is 0 Å². The number of ether oxygens (including phenoxy) is 1. The van der Waals surface area contributed by atoms with Gasteiger partial charge in [0.1, 0.15) is 12.4 Å². The number of hydrogen-bond donors (Lipinski definition) is 1. The third-order valence-electron chi connectivity index (χ3n) is 2.73. The summed E-state index contributed by atoms with van der Waals surface area (Å²) >= 11 is 0. The van der Waals surface area contributed by atoms with Crippen LogP contribution in [0, 0.1) is 0 Å². The van der Waals surface area contributed by atoms with Gasteiger partial charge in [0.05, 0.1) is 6.54 Å². The van der Waals surface area contributed by atoms with Crippen LogP contribution >= 0.6 is 0 Å². The quantitative estimate of drug-likeness (QED) is 0.848. The largest absolute Gasteiger partial charge is 0.492 e. The number of aromatic nitrogens is 1. The fourth-order valence-electron chi connectivity index (χ4n) is 1.91. The van der Waals surface area contributed by atoms with Crippen LogP contribution in [0.1, 0.15) is 12.5 Å². The van der Waals surface area contributed by atoms with Gasteiger partial charge in [0, 0.05) is 18.4 Å². The van der Waals surface area contributed by atoms with Gasteiger partial charge in [-0.2, -0.15) is 0 Å². The molecule has 0 saturated carbocycles. The molecule has 0 spiro atoms. The van der Waals surface area contributed by atoms with Crippen molar-refractivity contribution in [1.82, 2.24) is 4.57 Å². The minimum atomic E-state index is 0.210. The number of rotatable bonds is 6. The molecule has 0 aliphatic carbocycles. The molecule has 2 rings (SSSR count). The van der Waals surface area contributed by atoms with E-state index in [-0.39, 0.29) is 6.04 Å². The van der Waals surface area contributed by atoms with Crippen LogP contribution in [0.2, 0.25) is 0 Å². The Labute approximate surface area is 108 Å². The Morgan fingerprint density at radius 2 is 2.00 bits per heavy atom. The van der Waals surface area contributed by atoms with Crippen molar-refractivity contribution in [3.8, 4) is 5.75 Å². The topological polar surface area (TPSA) is 40.2 Å². The highest BCUT2D eigenvalue weighted by molar-refractivity contribution is 5.20. The van der Waals surface area contributed by atoms with Gasteiger partial charge in [0.25, 0.3) is 0 Å². The van der Waals surface area contributed by atoms with Crippen molar-refractivity contribution in [3.63, 3.8) is 0 Å². The number of nitrogens with two attached hydrogens (primary N) is 1. The Balaban J connectivity index is 1.78. The molecule has 3 nitrogen and oxygen atoms in total. The van der Waals surface area contributed by atoms with Gasteiger partial charge in [-0.25, -0.2) is 0 Å². The number of nitrogens with zero attached hydrogens (tertiary/aromatic N) is 1. The lowest BCUT2D eigenvalue weighted by molar-refractivity contribution is 0.298. The summed E-state index contributed by atoms with van der Waals surface area (Å²) in [5, 5.41) is 0. The Morgan fingerprint density at radius 3 is 2.72 bits per heavy atom. The first-order valence-electron chi connectivity index (χ1n) is 6.32. The highest BCUT2D eigenvalue weighted by Crippen LogP contribution is 2.09. The van der Waals surface area contributed by atoms with E-state index >= 15 is 0 Å². The van der Waals surface area contributed by atoms with Crippen molar-refractivity contribution in [1.29, 1.82) is 0 Å². The molecular weight excluding hydrogens is 224 g/mol. The van der Waals surface area contributed by atoms with Crippen LogP contribution in [-0.4, -0.2) is 17.2 Å². The molecule has 1 aromatic heterocycles. The minimum Gasteiger partial charge on any atom is -0.492 e. The van der Waals surface area contributed by atoms with Crippen molar-refractivity contribution < 1.29 is 4.74 Å². The average Bonchev–Trinajstić information content (AvgIpc) is 2.77. The molecule has 3 heteroatoms. The number of hydrogen-bond acceptors (Lipinski definition) is 2. The van der Waals surface area contributed by atoms with E-state index in [2.05, 4.69) is 23.0 Å². The third kappa shape index (κ3) is 3.93. The Morgan fingerprint density at radius 1 is 1.22 bits per heavy atom. The van der Waals surface area contributed by atoms with Crippen LogP contribution in [0.25, 0.3) is 0 Å². The van der Waals surface area contributed by atoms with Crippen LogP contribution in [0.15, 0.2) is 48.8 Å². The van der Waals surface area contributed by atoms with Crippen molar-refractivity contribution in [3.05, 3.63) is 54.4 Å². The SMILES string of the molecule is CC(N)Cc1ccn(CCOc2ccccc2)c1. The Kier molecular flexibility index (Phi) is 4.42. The molecule has 0 amide bonds. The molecule has 0 radical (unpaired) electrons. The molecule has 1 atom stereocenters. The first-order valence-corrected chi connectivity index (χ1v) is 6.32. The predicted octanol–water partition coefficient (Wildman–Crippen LogP) is 2.46. The van der Waals surface area contributed by atoms with Crippen molar-refractivity contribution in [2.75, 3.05) is 6.61 Å². The maximum atomic E-state index is 5.78. The summed E-state index contributed by atoms with van der Waals surface area (Å²) in [7, 11) is 0. The van der Waals surface area contributed by atoms with E-state index in [0.717, 1.165) is 18.7 Å². The Hall–Kier alpha value is -1.74. The summed E-state index contributed by atoms with van der Waals surface area (Å²) in [5.74, 6) is 0.917. The summed E-state index contributed by atoms with van der Waals surface area (Å²) < 4.78 is 7.79. The molecule has 0 aliphatic heterocycles. The van der Waals surface area contributed by atoms with Crippen molar-refractivity contribution >= 4 is 0 Å². The molecule has 2 N–H and O–H groups in total. The zero-order valence-electron chi connectivity index (χ0n) is 10.8. The molecular formula is C15H20N2O. The van der Waals surface area contributed by atoms with Crippen LogP contribution in [-0.2, 0) is 13.0 Å². The smallest absolute Gasteiger partial charge is 0.119 e. The molecule has 1 heterocycles. The highest BCUT2D eigenvalue weighted by atomic mass is 16.5. The van der Waals surface area contributed by atoms with Gasteiger partial charge in [-0.15, -0.1) is 0 Å². The third-order valence-corrected chi connectivity index (χ3v) is 2.73. The van der Waals surface area contributed by atoms with Gasteiger partial charge in [-0.3, -0.25) is 0 Å². The number of benzene rings is 1. The molecule has 18 heavy (non-hydrogen) atoms. The monoisotopic (exact) mass is 244 g/mol. The summed E-state index contributed by atoms with van der Waals surface area (Å²) in [4.78, 5) is 0. The van der Waals surface area contributed by atoms with E-state index in [9.17, 15) is 0 Å². The molecule has 1 aromatic carbocycles. The zero-order valence-corrected chi connectivity index (χ0v) is 10.8. The molecule has 2 aromatic rings. The number of para-hydroxylation sites is 1. The Bertz CT molecular complexity index is 462. The van der Waals surface area contributed by atoms with Gasteiger partial charge in [-0.1, -0.05) is 18.2 Å². The van der Waals surface area contributed by atoms with Crippen LogP contribution in [0.3, 0.4) is 0 Å². The second-order valence-corrected chi connectivity index (χ2v) is 4.60. The molecule has 0 fully saturated rings. The molecule has 1 unspecified atom stereocenters. The van der Waals surface area contributed by atoms with E-state index < -0.39 is 0 Å². The standard InChI is InChI=1S/C15H20N2O/c1-13(16)11-14-7-8-17(12-14)9-10-18-15-5-3-2-4-6-15/h2-8,12-13H,9-11,16H2,1H3. The summed E-state index contributed by atoms with van der Waals surface area (Å²) in [6.45, 7) is 3.56. The second-order valence-electron chi connectivity index (χ2n) is 4.60. The van der Waals surface area contributed by atoms with Gasteiger partial charge in [0.2, 0.25) is 0 Å². The van der Waals surface area contributed by atoms with Crippen LogP contribution < -0.4 is 10.5 Å². The highest BCUT2D eigenvalue weighted by Gasteiger charge is 2.00. The van der Waals surface area contributed by atoms with Gasteiger partial charge >= 0.3 is 0 Å². The lowest BCUT2D eigenvalue weighted by atomic mass is 10.1. The van der Waals surface area contributed by atoms with Gasteiger partial charge in [0.15, 0.2) is 0 Å². The maximum Gasteiger partial charge on any atom is 0.119 e. The first-order chi connectivity index (χ1) is 8.74. The van der Waals surface area contributed by atoms with E-state index in [4.69, 9.17) is 10.5 Å². The lowest BCUT2D eigenvalue weighted by Crippen LogP contribution is -2.17. The van der Waals surface area contributed by atoms with Crippen molar-refractivity contribution in [2.24, 2.45) is 5.73 Å². The van der Waals surface area contributed by atoms with E-state index in [1.807, 2.05) is 37.3 Å². The predicted molar refractivity (Wildman–Crippen MR) is 73.7 cm³/mol. The molecule has 0 bridgehead atoms.